The molecule has 3 aromatic carbocycles. The van der Waals surface area contributed by atoms with Gasteiger partial charge >= 0.3 is 0 Å². The predicted molar refractivity (Wildman–Crippen MR) is 146 cm³/mol. The Labute approximate surface area is 220 Å². The number of fused-ring (bicyclic) bond motifs is 1. The van der Waals surface area contributed by atoms with Crippen molar-refractivity contribution in [1.82, 2.24) is 8.87 Å². The van der Waals surface area contributed by atoms with E-state index in [2.05, 4.69) is 0 Å². The van der Waals surface area contributed by atoms with Gasteiger partial charge < -0.3 is 4.90 Å². The molecule has 1 atom stereocenters. The Bertz CT molecular complexity index is 1630. The highest BCUT2D eigenvalue weighted by Crippen LogP contribution is 2.30. The maximum absolute atomic E-state index is 13.7. The molecular weight excluding hydrogens is 510 g/mol. The van der Waals surface area contributed by atoms with Crippen LogP contribution in [0, 0.1) is 0 Å². The highest BCUT2D eigenvalue weighted by molar-refractivity contribution is 7.89. The van der Waals surface area contributed by atoms with Crippen LogP contribution >= 0.6 is 11.6 Å². The number of pyridine rings is 1. The Kier molecular flexibility index (Phi) is 6.90. The van der Waals surface area contributed by atoms with Crippen LogP contribution in [-0.2, 0) is 14.8 Å². The monoisotopic (exact) mass is 535 g/mol. The normalized spacial score (nSPS) is 16.5. The van der Waals surface area contributed by atoms with Gasteiger partial charge in [-0.2, -0.15) is 4.31 Å². The molecule has 0 saturated carbocycles. The number of nitrogens with zero attached hydrogens (tertiary/aromatic N) is 3. The number of amides is 1. The lowest BCUT2D eigenvalue weighted by atomic mass is 10.0. The molecule has 1 aliphatic rings. The molecule has 0 aliphatic carbocycles. The van der Waals surface area contributed by atoms with E-state index in [1.54, 1.807) is 90.8 Å². The second kappa shape index (κ2) is 10.1. The molecule has 0 spiro atoms. The third-order valence-corrected chi connectivity index (χ3v) is 8.93. The molecule has 1 unspecified atom stereocenters. The van der Waals surface area contributed by atoms with Gasteiger partial charge in [-0.1, -0.05) is 36.7 Å². The summed E-state index contributed by atoms with van der Waals surface area (Å²) < 4.78 is 30.2. The highest BCUT2D eigenvalue weighted by atomic mass is 35.5. The molecule has 1 fully saturated rings. The van der Waals surface area contributed by atoms with Crippen molar-refractivity contribution in [1.29, 1.82) is 0 Å². The third-order valence-electron chi connectivity index (χ3n) is 6.71. The van der Waals surface area contributed by atoms with Crippen molar-refractivity contribution < 1.29 is 13.2 Å². The molecule has 0 bridgehead atoms. The van der Waals surface area contributed by atoms with E-state index in [1.807, 2.05) is 0 Å². The summed E-state index contributed by atoms with van der Waals surface area (Å²) in [4.78, 5) is 27.5. The van der Waals surface area contributed by atoms with E-state index in [0.717, 1.165) is 10.8 Å². The van der Waals surface area contributed by atoms with Crippen LogP contribution < -0.4 is 10.5 Å². The minimum atomic E-state index is -3.92. The van der Waals surface area contributed by atoms with Gasteiger partial charge in [-0.25, -0.2) is 8.42 Å². The fourth-order valence-corrected chi connectivity index (χ4v) is 6.70. The maximum atomic E-state index is 13.7. The summed E-state index contributed by atoms with van der Waals surface area (Å²) in [6.45, 7) is 2.41. The Balaban J connectivity index is 1.42. The number of hydrogen-bond acceptors (Lipinski definition) is 4. The van der Waals surface area contributed by atoms with E-state index in [-0.39, 0.29) is 22.9 Å². The number of benzene rings is 3. The number of likely N-dealkylation sites (N-methyl/N-ethyl adjacent to an activating group) is 1. The van der Waals surface area contributed by atoms with Crippen molar-refractivity contribution >= 4 is 44.0 Å². The number of carbonyl (C=O) groups excluding carboxylic acids is 1. The van der Waals surface area contributed by atoms with Crippen molar-refractivity contribution in [2.75, 3.05) is 18.0 Å². The number of hydrogen-bond donors (Lipinski definition) is 0. The van der Waals surface area contributed by atoms with Gasteiger partial charge in [0.25, 0.3) is 5.56 Å². The largest absolute Gasteiger partial charge is 0.311 e. The van der Waals surface area contributed by atoms with E-state index < -0.39 is 16.1 Å². The zero-order chi connectivity index (χ0) is 26.2. The van der Waals surface area contributed by atoms with Crippen molar-refractivity contribution in [3.8, 4) is 5.69 Å². The van der Waals surface area contributed by atoms with Crippen LogP contribution in [0.15, 0.2) is 94.7 Å². The molecule has 4 aromatic rings. The topological polar surface area (TPSA) is 79.7 Å². The summed E-state index contributed by atoms with van der Waals surface area (Å²) in [6.07, 6.45) is 2.80. The third kappa shape index (κ3) is 4.80. The van der Waals surface area contributed by atoms with Gasteiger partial charge in [-0.3, -0.25) is 14.2 Å². The zero-order valence-electron chi connectivity index (χ0n) is 20.2. The number of sulfonamides is 1. The van der Waals surface area contributed by atoms with Gasteiger partial charge in [0.1, 0.15) is 6.04 Å². The lowest BCUT2D eigenvalue weighted by molar-refractivity contribution is -0.123. The number of anilines is 1. The minimum absolute atomic E-state index is 0.145. The van der Waals surface area contributed by atoms with Gasteiger partial charge in [0.15, 0.2) is 0 Å². The van der Waals surface area contributed by atoms with Crippen LogP contribution in [0.3, 0.4) is 0 Å². The van der Waals surface area contributed by atoms with Crippen LogP contribution in [0.4, 0.5) is 5.69 Å². The van der Waals surface area contributed by atoms with Gasteiger partial charge in [-0.05, 0) is 78.2 Å². The first-order chi connectivity index (χ1) is 17.8. The summed E-state index contributed by atoms with van der Waals surface area (Å²) in [5.74, 6) is -0.256. The summed E-state index contributed by atoms with van der Waals surface area (Å²) >= 11 is 6.07. The van der Waals surface area contributed by atoms with Crippen LogP contribution in [0.25, 0.3) is 16.5 Å². The summed E-state index contributed by atoms with van der Waals surface area (Å²) in [5.41, 5.74) is 1.20. The van der Waals surface area contributed by atoms with Crippen LogP contribution in [0.1, 0.15) is 19.8 Å². The summed E-state index contributed by atoms with van der Waals surface area (Å²) in [6, 6.07) is 21.5. The first-order valence-electron chi connectivity index (χ1n) is 12.1. The second-order valence-corrected chi connectivity index (χ2v) is 11.3. The molecule has 190 valence electrons. The van der Waals surface area contributed by atoms with Gasteiger partial charge in [0.05, 0.1) is 4.90 Å². The van der Waals surface area contributed by atoms with Gasteiger partial charge in [0.2, 0.25) is 15.9 Å². The van der Waals surface area contributed by atoms with Crippen LogP contribution in [0.5, 0.6) is 0 Å². The van der Waals surface area contributed by atoms with Crippen molar-refractivity contribution in [3.63, 3.8) is 0 Å². The molecule has 2 heterocycles. The Hall–Kier alpha value is -3.46. The Morgan fingerprint density at radius 1 is 0.919 bits per heavy atom. The van der Waals surface area contributed by atoms with Crippen molar-refractivity contribution in [3.05, 3.63) is 100 Å². The molecule has 1 amide bonds. The number of piperidine rings is 1. The molecule has 5 rings (SSSR count). The minimum Gasteiger partial charge on any atom is -0.311 e. The molecule has 0 radical (unpaired) electrons. The van der Waals surface area contributed by atoms with E-state index >= 15 is 0 Å². The molecule has 7 nitrogen and oxygen atoms in total. The fraction of sp³-hybridized carbons (Fsp3) is 0.214. The quantitative estimate of drug-likeness (QED) is 0.353. The van der Waals surface area contributed by atoms with Crippen LogP contribution in [-0.4, -0.2) is 42.3 Å². The smallest absolute Gasteiger partial charge is 0.255 e. The van der Waals surface area contributed by atoms with E-state index in [9.17, 15) is 18.0 Å². The van der Waals surface area contributed by atoms with E-state index in [0.29, 0.717) is 35.8 Å². The maximum Gasteiger partial charge on any atom is 0.255 e. The molecule has 1 aliphatic heterocycles. The number of aromatic nitrogens is 1. The number of rotatable bonds is 6. The Morgan fingerprint density at radius 2 is 1.62 bits per heavy atom. The molecule has 0 N–H and O–H groups in total. The molecule has 37 heavy (non-hydrogen) atoms. The average Bonchev–Trinajstić information content (AvgIpc) is 2.90. The van der Waals surface area contributed by atoms with Gasteiger partial charge in [-0.15, -0.1) is 0 Å². The number of carbonyl (C=O) groups is 1. The summed E-state index contributed by atoms with van der Waals surface area (Å²) in [7, 11) is -3.92. The first kappa shape index (κ1) is 25.2. The van der Waals surface area contributed by atoms with Gasteiger partial charge in [0, 0.05) is 41.8 Å². The van der Waals surface area contributed by atoms with Crippen molar-refractivity contribution in [2.45, 2.75) is 30.7 Å². The molecule has 1 saturated heterocycles. The fourth-order valence-electron chi connectivity index (χ4n) is 4.86. The van der Waals surface area contributed by atoms with E-state index in [4.69, 9.17) is 11.6 Å². The SMILES string of the molecule is CCN(C1CCCN(c2ccc(-n3ccccc3=O)cc2)C1=O)S(=O)(=O)c1ccc2cc(Cl)ccc2c1. The second-order valence-electron chi connectivity index (χ2n) is 8.93. The van der Waals surface area contributed by atoms with Crippen molar-refractivity contribution in [2.24, 2.45) is 0 Å². The zero-order valence-corrected chi connectivity index (χ0v) is 21.8. The average molecular weight is 536 g/mol. The molecule has 1 aromatic heterocycles. The standard InChI is InChI=1S/C28H26ClN3O4S/c1-2-32(37(35,36)25-15-9-20-18-22(29)10-8-21(20)19-25)26-6-5-17-31(28(26)34)24-13-11-23(12-14-24)30-16-4-3-7-27(30)33/h3-4,7-16,18-19,26H,2,5-6,17H2,1H3. The lowest BCUT2D eigenvalue weighted by Gasteiger charge is -2.37. The summed E-state index contributed by atoms with van der Waals surface area (Å²) in [5, 5.41) is 2.18. The number of halogens is 1. The first-order valence-corrected chi connectivity index (χ1v) is 13.9. The highest BCUT2D eigenvalue weighted by Gasteiger charge is 2.39. The van der Waals surface area contributed by atoms with Crippen LogP contribution in [0.2, 0.25) is 5.02 Å². The molecular formula is C28H26ClN3O4S. The Morgan fingerprint density at radius 3 is 2.35 bits per heavy atom. The predicted octanol–water partition coefficient (Wildman–Crippen LogP) is 4.85. The lowest BCUT2D eigenvalue weighted by Crippen LogP contribution is -2.54. The molecule has 9 heteroatoms. The van der Waals surface area contributed by atoms with E-state index in [1.165, 1.54) is 14.9 Å².